The molecule has 3 heterocycles. The second-order valence-electron chi connectivity index (χ2n) is 8.35. The van der Waals surface area contributed by atoms with Gasteiger partial charge in [0.2, 0.25) is 10.0 Å². The predicted molar refractivity (Wildman–Crippen MR) is 115 cm³/mol. The van der Waals surface area contributed by atoms with Gasteiger partial charge in [-0.2, -0.15) is 4.31 Å². The molecule has 5 nitrogen and oxygen atoms in total. The second-order valence-corrected chi connectivity index (χ2v) is 10.3. The SMILES string of the molecule is Cc1ccc2c(c1C)-n1cccc1C1(CCN(S(=O)(=O)c3ccc(F)cc3F)CC1)N2. The Bertz CT molecular complexity index is 1290. The highest BCUT2D eigenvalue weighted by atomic mass is 32.2. The number of fused-ring (bicyclic) bond motifs is 4. The number of aryl methyl sites for hydroxylation is 1. The zero-order valence-corrected chi connectivity index (χ0v) is 18.1. The summed E-state index contributed by atoms with van der Waals surface area (Å²) in [5.41, 5.74) is 5.23. The van der Waals surface area contributed by atoms with Gasteiger partial charge in [-0.1, -0.05) is 6.07 Å². The van der Waals surface area contributed by atoms with Crippen LogP contribution in [0.5, 0.6) is 0 Å². The average molecular weight is 444 g/mol. The van der Waals surface area contributed by atoms with E-state index in [0.717, 1.165) is 29.2 Å². The van der Waals surface area contributed by atoms with Crippen LogP contribution in [0.1, 0.15) is 29.7 Å². The van der Waals surface area contributed by atoms with Gasteiger partial charge in [0, 0.05) is 31.0 Å². The summed E-state index contributed by atoms with van der Waals surface area (Å²) in [6, 6.07) is 10.8. The van der Waals surface area contributed by atoms with Crippen LogP contribution in [0.2, 0.25) is 0 Å². The van der Waals surface area contributed by atoms with Crippen molar-refractivity contribution < 1.29 is 17.2 Å². The number of anilines is 1. The highest BCUT2D eigenvalue weighted by Gasteiger charge is 2.44. The Labute approximate surface area is 180 Å². The van der Waals surface area contributed by atoms with Gasteiger partial charge in [-0.25, -0.2) is 17.2 Å². The number of nitrogens with one attached hydrogen (secondary N) is 1. The quantitative estimate of drug-likeness (QED) is 0.636. The number of hydrogen-bond donors (Lipinski definition) is 1. The molecule has 0 unspecified atom stereocenters. The van der Waals surface area contributed by atoms with Crippen molar-refractivity contribution in [2.45, 2.75) is 37.1 Å². The van der Waals surface area contributed by atoms with E-state index in [-0.39, 0.29) is 13.1 Å². The van der Waals surface area contributed by atoms with E-state index in [9.17, 15) is 17.2 Å². The first-order chi connectivity index (χ1) is 14.7. The van der Waals surface area contributed by atoms with Crippen molar-refractivity contribution in [1.82, 2.24) is 8.87 Å². The molecule has 162 valence electrons. The average Bonchev–Trinajstić information content (AvgIpc) is 3.22. The second kappa shape index (κ2) is 6.90. The van der Waals surface area contributed by atoms with Crippen LogP contribution in [-0.2, 0) is 15.6 Å². The van der Waals surface area contributed by atoms with Gasteiger partial charge in [0.05, 0.1) is 16.9 Å². The molecule has 0 aliphatic carbocycles. The minimum Gasteiger partial charge on any atom is -0.372 e. The molecule has 0 amide bonds. The molecule has 0 atom stereocenters. The summed E-state index contributed by atoms with van der Waals surface area (Å²) in [6.07, 6.45) is 3.11. The number of halogens is 2. The summed E-state index contributed by atoms with van der Waals surface area (Å²) < 4.78 is 56.9. The van der Waals surface area contributed by atoms with Gasteiger partial charge in [-0.3, -0.25) is 0 Å². The number of rotatable bonds is 2. The lowest BCUT2D eigenvalue weighted by Gasteiger charge is -2.46. The van der Waals surface area contributed by atoms with Gasteiger partial charge in [-0.15, -0.1) is 0 Å². The van der Waals surface area contributed by atoms with Crippen molar-refractivity contribution in [2.24, 2.45) is 0 Å². The van der Waals surface area contributed by atoms with Gasteiger partial charge in [0.15, 0.2) is 0 Å². The molecule has 2 aliphatic heterocycles. The van der Waals surface area contributed by atoms with Crippen LogP contribution in [0.3, 0.4) is 0 Å². The molecule has 0 saturated carbocycles. The van der Waals surface area contributed by atoms with E-state index in [2.05, 4.69) is 41.9 Å². The molecule has 1 spiro atoms. The summed E-state index contributed by atoms with van der Waals surface area (Å²) in [4.78, 5) is -0.485. The Balaban J connectivity index is 1.47. The van der Waals surface area contributed by atoms with Gasteiger partial charge in [0.1, 0.15) is 16.5 Å². The Morgan fingerprint density at radius 3 is 2.48 bits per heavy atom. The van der Waals surface area contributed by atoms with E-state index in [1.54, 1.807) is 0 Å². The van der Waals surface area contributed by atoms with Gasteiger partial charge in [-0.05, 0) is 68.1 Å². The molecular weight excluding hydrogens is 420 g/mol. The van der Waals surface area contributed by atoms with Gasteiger partial charge in [0.25, 0.3) is 0 Å². The standard InChI is InChI=1S/C23H23F2N3O2S/c1-15-5-7-19-22(16(15)2)28-11-3-4-21(28)23(26-19)9-12-27(13-10-23)31(29,30)20-8-6-17(24)14-18(20)25/h3-8,11,14,26H,9-10,12-13H2,1-2H3. The Kier molecular flexibility index (Phi) is 4.50. The van der Waals surface area contributed by atoms with E-state index in [0.29, 0.717) is 18.9 Å². The Morgan fingerprint density at radius 2 is 1.77 bits per heavy atom. The highest BCUT2D eigenvalue weighted by Crippen LogP contribution is 2.45. The molecule has 2 aromatic carbocycles. The molecule has 8 heteroatoms. The lowest BCUT2D eigenvalue weighted by Crippen LogP contribution is -2.51. The number of hydrogen-bond acceptors (Lipinski definition) is 3. The summed E-state index contributed by atoms with van der Waals surface area (Å²) in [7, 11) is -4.04. The molecular formula is C23H23F2N3O2S. The van der Waals surface area contributed by atoms with Crippen molar-refractivity contribution in [1.29, 1.82) is 0 Å². The first kappa shape index (κ1) is 20.2. The third kappa shape index (κ3) is 3.00. The van der Waals surface area contributed by atoms with Crippen LogP contribution in [-0.4, -0.2) is 30.4 Å². The molecule has 2 aliphatic rings. The number of aromatic nitrogens is 1. The molecule has 0 radical (unpaired) electrons. The van der Waals surface area contributed by atoms with Crippen LogP contribution in [0.4, 0.5) is 14.5 Å². The smallest absolute Gasteiger partial charge is 0.245 e. The predicted octanol–water partition coefficient (Wildman–Crippen LogP) is 4.48. The van der Waals surface area contributed by atoms with Crippen LogP contribution in [0.15, 0.2) is 53.6 Å². The van der Waals surface area contributed by atoms with Crippen molar-refractivity contribution in [3.05, 3.63) is 77.1 Å². The fourth-order valence-electron chi connectivity index (χ4n) is 4.81. The summed E-state index contributed by atoms with van der Waals surface area (Å²) in [6.45, 7) is 4.65. The molecule has 5 rings (SSSR count). The minimum atomic E-state index is -4.04. The first-order valence-corrected chi connectivity index (χ1v) is 11.7. The summed E-state index contributed by atoms with van der Waals surface area (Å²) in [5.74, 6) is -1.87. The van der Waals surface area contributed by atoms with E-state index >= 15 is 0 Å². The Morgan fingerprint density at radius 1 is 1.03 bits per heavy atom. The third-order valence-corrected chi connectivity index (χ3v) is 8.58. The summed E-state index contributed by atoms with van der Waals surface area (Å²) >= 11 is 0. The first-order valence-electron chi connectivity index (χ1n) is 10.2. The molecule has 1 aromatic heterocycles. The van der Waals surface area contributed by atoms with Crippen LogP contribution < -0.4 is 5.32 Å². The van der Waals surface area contributed by atoms with E-state index in [4.69, 9.17) is 0 Å². The van der Waals surface area contributed by atoms with Crippen LogP contribution in [0.25, 0.3) is 5.69 Å². The zero-order chi connectivity index (χ0) is 22.0. The third-order valence-electron chi connectivity index (χ3n) is 6.64. The largest absolute Gasteiger partial charge is 0.372 e. The maximum absolute atomic E-state index is 14.2. The lowest BCUT2D eigenvalue weighted by molar-refractivity contribution is 0.247. The number of nitrogens with zero attached hydrogens (tertiary/aromatic N) is 2. The van der Waals surface area contributed by atoms with Crippen molar-refractivity contribution in [3.8, 4) is 5.69 Å². The lowest BCUT2D eigenvalue weighted by atomic mass is 9.82. The molecule has 31 heavy (non-hydrogen) atoms. The maximum Gasteiger partial charge on any atom is 0.245 e. The minimum absolute atomic E-state index is 0.234. The molecule has 1 saturated heterocycles. The van der Waals surface area contributed by atoms with Gasteiger partial charge < -0.3 is 9.88 Å². The van der Waals surface area contributed by atoms with E-state index in [1.807, 2.05) is 12.3 Å². The number of benzene rings is 2. The van der Waals surface area contributed by atoms with E-state index < -0.39 is 32.1 Å². The topological polar surface area (TPSA) is 54.3 Å². The molecule has 1 fully saturated rings. The molecule has 3 aromatic rings. The Hall–Kier alpha value is -2.71. The summed E-state index contributed by atoms with van der Waals surface area (Å²) in [5, 5.41) is 3.69. The van der Waals surface area contributed by atoms with E-state index in [1.165, 1.54) is 15.4 Å². The molecule has 1 N–H and O–H groups in total. The molecule has 0 bridgehead atoms. The maximum atomic E-state index is 14.2. The fraction of sp³-hybridized carbons (Fsp3) is 0.304. The van der Waals surface area contributed by atoms with Gasteiger partial charge >= 0.3 is 0 Å². The monoisotopic (exact) mass is 443 g/mol. The van der Waals surface area contributed by atoms with Crippen molar-refractivity contribution in [2.75, 3.05) is 18.4 Å². The normalized spacial score (nSPS) is 17.8. The van der Waals surface area contributed by atoms with Crippen LogP contribution >= 0.6 is 0 Å². The number of sulfonamides is 1. The zero-order valence-electron chi connectivity index (χ0n) is 17.3. The highest BCUT2D eigenvalue weighted by molar-refractivity contribution is 7.89. The van der Waals surface area contributed by atoms with Crippen molar-refractivity contribution in [3.63, 3.8) is 0 Å². The number of piperidine rings is 1. The van der Waals surface area contributed by atoms with Crippen LogP contribution in [0, 0.1) is 25.5 Å². The fourth-order valence-corrected chi connectivity index (χ4v) is 6.30. The van der Waals surface area contributed by atoms with Crippen molar-refractivity contribution >= 4 is 15.7 Å².